The molecule has 2 aliphatic heterocycles. The van der Waals surface area contributed by atoms with E-state index in [0.717, 1.165) is 96.0 Å². The van der Waals surface area contributed by atoms with E-state index < -0.39 is 11.6 Å². The minimum Gasteiger partial charge on any atom is -0.476 e. The number of aliphatic hydroxyl groups excluding tert-OH is 1. The fourth-order valence-corrected chi connectivity index (χ4v) is 11.1. The van der Waals surface area contributed by atoms with Crippen molar-refractivity contribution in [1.82, 2.24) is 29.8 Å². The van der Waals surface area contributed by atoms with Gasteiger partial charge in [-0.25, -0.2) is 4.98 Å². The average molecular weight is 821 g/mol. The van der Waals surface area contributed by atoms with Gasteiger partial charge in [-0.2, -0.15) is 20.8 Å². The topological polar surface area (TPSA) is 253 Å². The highest BCUT2D eigenvalue weighted by Gasteiger charge is 2.56. The van der Waals surface area contributed by atoms with E-state index in [2.05, 4.69) is 36.2 Å². The van der Waals surface area contributed by atoms with Crippen LogP contribution < -0.4 is 10.5 Å². The van der Waals surface area contributed by atoms with Crippen molar-refractivity contribution in [1.29, 1.82) is 26.6 Å². The molecule has 3 aromatic rings. The zero-order valence-electron chi connectivity index (χ0n) is 33.9. The lowest BCUT2D eigenvalue weighted by atomic mass is 9.70. The van der Waals surface area contributed by atoms with Crippen LogP contribution in [0.5, 0.6) is 5.88 Å². The molecule has 5 N–H and O–H groups in total. The van der Waals surface area contributed by atoms with Gasteiger partial charge in [-0.15, -0.1) is 11.3 Å². The number of anilines is 1. The van der Waals surface area contributed by atoms with Gasteiger partial charge >= 0.3 is 0 Å². The van der Waals surface area contributed by atoms with Gasteiger partial charge in [0.15, 0.2) is 11.5 Å². The van der Waals surface area contributed by atoms with Crippen LogP contribution in [0.4, 0.5) is 5.00 Å². The number of ether oxygens (including phenoxy) is 1. The molecule has 59 heavy (non-hydrogen) atoms. The summed E-state index contributed by atoms with van der Waals surface area (Å²) in [5.41, 5.74) is 9.50. The number of rotatable bonds is 11. The molecule has 1 amide bonds. The molecular formula is C42H52N12O4S. The molecule has 5 aliphatic rings. The number of nitrogens with two attached hydrogens (primary N) is 1. The Morgan fingerprint density at radius 2 is 2.03 bits per heavy atom. The first kappa shape index (κ1) is 41.7. The first-order valence-electron chi connectivity index (χ1n) is 20.6. The average Bonchev–Trinajstić information content (AvgIpc) is 3.68. The molecule has 16 nitrogen and oxygen atoms in total. The van der Waals surface area contributed by atoms with Crippen LogP contribution in [0.3, 0.4) is 0 Å². The van der Waals surface area contributed by atoms with Crippen LogP contribution in [0.15, 0.2) is 10.6 Å². The van der Waals surface area contributed by atoms with Gasteiger partial charge in [0.05, 0.1) is 41.7 Å². The van der Waals surface area contributed by atoms with E-state index in [1.807, 2.05) is 6.07 Å². The summed E-state index contributed by atoms with van der Waals surface area (Å²) in [6.07, 6.45) is 11.2. The van der Waals surface area contributed by atoms with Crippen molar-refractivity contribution in [3.05, 3.63) is 39.1 Å². The maximum atomic E-state index is 12.2. The Kier molecular flexibility index (Phi) is 12.3. The van der Waals surface area contributed by atoms with Gasteiger partial charge in [-0.1, -0.05) is 24.9 Å². The summed E-state index contributed by atoms with van der Waals surface area (Å²) in [6.45, 7) is 2.65. The van der Waals surface area contributed by atoms with E-state index in [-0.39, 0.29) is 30.1 Å². The van der Waals surface area contributed by atoms with Crippen LogP contribution >= 0.6 is 11.3 Å². The van der Waals surface area contributed by atoms with Gasteiger partial charge in [0.2, 0.25) is 18.1 Å². The summed E-state index contributed by atoms with van der Waals surface area (Å²) >= 11 is 1.50. The molecule has 1 spiro atoms. The lowest BCUT2D eigenvalue weighted by Gasteiger charge is -2.58. The normalized spacial score (nSPS) is 27.9. The minimum atomic E-state index is -0.756. The van der Waals surface area contributed by atoms with Crippen molar-refractivity contribution in [2.45, 2.75) is 132 Å². The highest BCUT2D eigenvalue weighted by Crippen LogP contribution is 2.50. The summed E-state index contributed by atoms with van der Waals surface area (Å²) in [5.74, 6) is 1.99. The van der Waals surface area contributed by atoms with Crippen LogP contribution in [-0.2, 0) is 17.6 Å². The maximum absolute atomic E-state index is 12.2. The second-order valence-corrected chi connectivity index (χ2v) is 17.8. The first-order chi connectivity index (χ1) is 28.5. The van der Waals surface area contributed by atoms with Crippen LogP contribution in [-0.4, -0.2) is 104 Å². The van der Waals surface area contributed by atoms with Gasteiger partial charge in [0.25, 0.3) is 0 Å². The molecule has 3 aromatic heterocycles. The van der Waals surface area contributed by atoms with Crippen molar-refractivity contribution < 1.29 is 19.2 Å². The summed E-state index contributed by atoms with van der Waals surface area (Å²) < 4.78 is 12.7. The number of nitrogens with one attached hydrogen (secondary N) is 2. The largest absolute Gasteiger partial charge is 0.476 e. The van der Waals surface area contributed by atoms with Crippen molar-refractivity contribution >= 4 is 34.9 Å². The van der Waals surface area contributed by atoms with Crippen LogP contribution in [0.2, 0.25) is 0 Å². The van der Waals surface area contributed by atoms with E-state index in [9.17, 15) is 20.4 Å². The fraction of sp³-hybridized carbons (Fsp3) is 0.595. The van der Waals surface area contributed by atoms with Gasteiger partial charge in [-0.05, 0) is 82.7 Å². The molecule has 2 saturated heterocycles. The van der Waals surface area contributed by atoms with Crippen molar-refractivity contribution in [3.8, 4) is 35.6 Å². The number of amidine groups is 1. The maximum Gasteiger partial charge on any atom is 0.217 e. The van der Waals surface area contributed by atoms with Gasteiger partial charge in [0.1, 0.15) is 29.5 Å². The van der Waals surface area contributed by atoms with Crippen molar-refractivity contribution in [3.63, 3.8) is 0 Å². The highest BCUT2D eigenvalue weighted by atomic mass is 32.1. The Balaban J connectivity index is 0.000000600. The van der Waals surface area contributed by atoms with E-state index in [1.165, 1.54) is 24.8 Å². The first-order valence-corrected chi connectivity index (χ1v) is 21.4. The lowest BCUT2D eigenvalue weighted by Crippen LogP contribution is -2.70. The number of aryl methyl sites for hydroxylation is 1. The summed E-state index contributed by atoms with van der Waals surface area (Å²) in [5, 5.41) is 57.5. The number of likely N-dealkylation sites (N-methyl/N-ethyl adjacent to an activating group) is 1. The Morgan fingerprint density at radius 3 is 2.69 bits per heavy atom. The van der Waals surface area contributed by atoms with Crippen LogP contribution in [0.1, 0.15) is 122 Å². The van der Waals surface area contributed by atoms with Gasteiger partial charge in [-0.3, -0.25) is 20.5 Å². The number of amides is 1. The molecule has 2 saturated carbocycles. The number of nitrogen functional groups attached to an aromatic ring is 1. The van der Waals surface area contributed by atoms with Gasteiger partial charge < -0.3 is 29.9 Å². The summed E-state index contributed by atoms with van der Waals surface area (Å²) in [4.78, 5) is 28.6. The summed E-state index contributed by atoms with van der Waals surface area (Å²) in [6, 6.07) is 8.86. The summed E-state index contributed by atoms with van der Waals surface area (Å²) in [7, 11) is 3.65. The van der Waals surface area contributed by atoms with E-state index in [4.69, 9.17) is 41.0 Å². The molecule has 17 heteroatoms. The number of thiophene rings is 1. The molecule has 0 bridgehead atoms. The highest BCUT2D eigenvalue weighted by molar-refractivity contribution is 7.16. The number of hydrogen-bond donors (Lipinski definition) is 4. The minimum absolute atomic E-state index is 0.0948. The standard InChI is InChI=1S/C38H46N8O4S.C4H6N4/c1-3-6-26-34(44-50-35(26)25-8-4-9-30-33(25)27(18-40)36(41)51-30)37-42-28(16-32(43-37)49-19-24-13-22-14-29(22)45(24)2)21-7-5-11-38(31(48)15-21)17-23(10-12-39)46(38)20-47;1-8(3-6)4(7)2-5/h16,20-25,29,31,48H,3-11,13-15,17,19,41H2,1-2H3;3,6-7H,1H3. The number of carbonyl (C=O) groups excluding carboxylic acids is 1. The van der Waals surface area contributed by atoms with Gasteiger partial charge in [0, 0.05) is 53.5 Å². The molecule has 0 radical (unpaired) electrons. The number of aromatic nitrogens is 3. The second kappa shape index (κ2) is 17.4. The number of piperidine rings is 1. The Hall–Kier alpha value is -5.41. The second-order valence-electron chi connectivity index (χ2n) is 16.6. The Labute approximate surface area is 348 Å². The number of carbonyl (C=O) groups is 1. The molecular weight excluding hydrogens is 769 g/mol. The molecule has 310 valence electrons. The molecule has 8 rings (SSSR count). The predicted molar refractivity (Wildman–Crippen MR) is 220 cm³/mol. The van der Waals surface area contributed by atoms with Crippen LogP contribution in [0, 0.1) is 50.7 Å². The zero-order chi connectivity index (χ0) is 42.0. The monoisotopic (exact) mass is 820 g/mol. The van der Waals surface area contributed by atoms with Crippen molar-refractivity contribution in [2.24, 2.45) is 5.92 Å². The molecule has 5 heterocycles. The molecule has 8 atom stereocenters. The Morgan fingerprint density at radius 1 is 1.22 bits per heavy atom. The third-order valence-electron chi connectivity index (χ3n) is 13.3. The fourth-order valence-electron chi connectivity index (χ4n) is 10.00. The molecule has 0 aromatic carbocycles. The third kappa shape index (κ3) is 7.89. The molecule has 3 aliphatic carbocycles. The quantitative estimate of drug-likeness (QED) is 0.107. The number of nitrogens with zero attached hydrogens (tertiary/aromatic N) is 9. The van der Waals surface area contributed by atoms with Crippen molar-refractivity contribution in [2.75, 3.05) is 26.4 Å². The van der Waals surface area contributed by atoms with Crippen LogP contribution in [0.25, 0.3) is 11.5 Å². The van der Waals surface area contributed by atoms with E-state index in [1.54, 1.807) is 11.0 Å². The number of likely N-dealkylation sites (tertiary alicyclic amines) is 2. The number of aliphatic hydroxyl groups is 1. The number of nitriles is 3. The SMILES string of the molecule is CCCc1c(-c2nc(OCC3CC4CC4N3C)cc(C3CCCC4(CC(CC#N)N4C=O)C(O)C3)n2)noc1C1CCCc2sc(N)c(C#N)c21.CN(C=N)C(=N)C#N. The molecule has 8 unspecified atom stereocenters. The lowest BCUT2D eigenvalue weighted by molar-refractivity contribution is -0.162. The third-order valence-corrected chi connectivity index (χ3v) is 14.4. The zero-order valence-corrected chi connectivity index (χ0v) is 34.7. The number of hydrogen-bond acceptors (Lipinski definition) is 15. The van der Waals surface area contributed by atoms with E-state index >= 15 is 0 Å². The predicted octanol–water partition coefficient (Wildman–Crippen LogP) is 5.47. The number of fused-ring (bicyclic) bond motifs is 2. The van der Waals surface area contributed by atoms with E-state index in [0.29, 0.717) is 72.3 Å². The molecule has 4 fully saturated rings. The Bertz CT molecular complexity index is 2200. The smallest absolute Gasteiger partial charge is 0.217 e.